The van der Waals surface area contributed by atoms with Crippen molar-refractivity contribution >= 4 is 33.4 Å². The van der Waals surface area contributed by atoms with Gasteiger partial charge in [-0.25, -0.2) is 0 Å². The fourth-order valence-corrected chi connectivity index (χ4v) is 4.47. The molecule has 0 saturated carbocycles. The molecule has 3 aromatic rings. The van der Waals surface area contributed by atoms with Crippen LogP contribution in [0.2, 0.25) is 0 Å². The number of aryl methyl sites for hydroxylation is 1. The minimum atomic E-state index is -0.681. The molecule has 0 bridgehead atoms. The Morgan fingerprint density at radius 1 is 1.00 bits per heavy atom. The smallest absolute Gasteiger partial charge is 0.295 e. The lowest BCUT2D eigenvalue weighted by Gasteiger charge is -2.26. The van der Waals surface area contributed by atoms with Crippen LogP contribution in [0.4, 0.5) is 0 Å². The van der Waals surface area contributed by atoms with Gasteiger partial charge < -0.3 is 19.6 Å². The van der Waals surface area contributed by atoms with E-state index in [1.165, 1.54) is 4.90 Å². The van der Waals surface area contributed by atoms with Gasteiger partial charge >= 0.3 is 0 Å². The van der Waals surface area contributed by atoms with Gasteiger partial charge in [-0.05, 0) is 74.1 Å². The first-order chi connectivity index (χ1) is 17.3. The molecular weight excluding hydrogens is 520 g/mol. The second-order valence-electron chi connectivity index (χ2n) is 9.09. The Hall–Kier alpha value is -3.42. The zero-order chi connectivity index (χ0) is 25.8. The van der Waals surface area contributed by atoms with Crippen LogP contribution >= 0.6 is 15.9 Å². The summed E-state index contributed by atoms with van der Waals surface area (Å²) in [5, 5.41) is 11.2. The SMILES string of the molecule is Cc1ccccc1COc1ccc(C(O)=C2C(=O)C(=O)N(CCN(C)C)C2c2ccc(Br)cc2)cc1. The monoisotopic (exact) mass is 548 g/mol. The van der Waals surface area contributed by atoms with Crippen molar-refractivity contribution in [3.8, 4) is 5.75 Å². The third-order valence-electron chi connectivity index (χ3n) is 6.30. The molecule has 1 heterocycles. The van der Waals surface area contributed by atoms with Crippen LogP contribution in [0.15, 0.2) is 82.8 Å². The van der Waals surface area contributed by atoms with E-state index in [4.69, 9.17) is 4.74 Å². The Morgan fingerprint density at radius 2 is 1.67 bits per heavy atom. The first kappa shape index (κ1) is 25.7. The first-order valence-corrected chi connectivity index (χ1v) is 12.5. The molecule has 6 nitrogen and oxygen atoms in total. The summed E-state index contributed by atoms with van der Waals surface area (Å²) in [7, 11) is 3.82. The van der Waals surface area contributed by atoms with Gasteiger partial charge in [-0.3, -0.25) is 9.59 Å². The fourth-order valence-electron chi connectivity index (χ4n) is 4.21. The van der Waals surface area contributed by atoms with Gasteiger partial charge in [0.25, 0.3) is 11.7 Å². The van der Waals surface area contributed by atoms with Crippen molar-refractivity contribution in [2.24, 2.45) is 0 Å². The van der Waals surface area contributed by atoms with E-state index < -0.39 is 17.7 Å². The number of likely N-dealkylation sites (N-methyl/N-ethyl adjacent to an activating group) is 1. The number of ketones is 1. The number of rotatable bonds is 8. The number of hydrogen-bond acceptors (Lipinski definition) is 5. The molecule has 1 amide bonds. The second kappa shape index (κ2) is 11.1. The molecule has 0 aliphatic carbocycles. The molecule has 7 heteroatoms. The molecule has 36 heavy (non-hydrogen) atoms. The van der Waals surface area contributed by atoms with Crippen molar-refractivity contribution in [2.45, 2.75) is 19.6 Å². The van der Waals surface area contributed by atoms with E-state index in [2.05, 4.69) is 15.9 Å². The predicted octanol–water partition coefficient (Wildman–Crippen LogP) is 5.32. The summed E-state index contributed by atoms with van der Waals surface area (Å²) in [6.07, 6.45) is 0. The molecular formula is C29H29BrN2O4. The summed E-state index contributed by atoms with van der Waals surface area (Å²) in [6, 6.07) is 21.7. The van der Waals surface area contributed by atoms with Crippen molar-refractivity contribution in [1.29, 1.82) is 0 Å². The van der Waals surface area contributed by atoms with Crippen LogP contribution < -0.4 is 4.74 Å². The highest BCUT2D eigenvalue weighted by molar-refractivity contribution is 9.10. The van der Waals surface area contributed by atoms with Crippen LogP contribution in [0.3, 0.4) is 0 Å². The molecule has 1 aliphatic rings. The minimum Gasteiger partial charge on any atom is -0.507 e. The Labute approximate surface area is 219 Å². The lowest BCUT2D eigenvalue weighted by molar-refractivity contribution is -0.140. The molecule has 0 radical (unpaired) electrons. The van der Waals surface area contributed by atoms with Crippen LogP contribution in [0.5, 0.6) is 5.75 Å². The Balaban J connectivity index is 1.64. The Morgan fingerprint density at radius 3 is 2.31 bits per heavy atom. The highest BCUT2D eigenvalue weighted by Gasteiger charge is 2.45. The van der Waals surface area contributed by atoms with E-state index in [9.17, 15) is 14.7 Å². The first-order valence-electron chi connectivity index (χ1n) is 11.7. The molecule has 186 valence electrons. The highest BCUT2D eigenvalue weighted by atomic mass is 79.9. The van der Waals surface area contributed by atoms with E-state index in [0.29, 0.717) is 31.0 Å². The number of ether oxygens (including phenoxy) is 1. The summed E-state index contributed by atoms with van der Waals surface area (Å²) < 4.78 is 6.80. The number of benzene rings is 3. The number of carbonyl (C=O) groups is 2. The van der Waals surface area contributed by atoms with Crippen LogP contribution in [0, 0.1) is 6.92 Å². The number of likely N-dealkylation sites (tertiary alicyclic amines) is 1. The van der Waals surface area contributed by atoms with Gasteiger partial charge in [0.2, 0.25) is 0 Å². The standard InChI is InChI=1S/C29H29BrN2O4/c1-19-6-4-5-7-22(19)18-36-24-14-10-21(11-15-24)27(33)25-26(20-8-12-23(30)13-9-20)32(17-16-31(2)3)29(35)28(25)34/h4-15,26,33H,16-18H2,1-3H3. The van der Waals surface area contributed by atoms with Crippen molar-refractivity contribution in [3.63, 3.8) is 0 Å². The maximum Gasteiger partial charge on any atom is 0.295 e. The molecule has 4 rings (SSSR count). The number of carbonyl (C=O) groups excluding carboxylic acids is 2. The van der Waals surface area contributed by atoms with Crippen molar-refractivity contribution in [3.05, 3.63) is 105 Å². The largest absolute Gasteiger partial charge is 0.507 e. The number of Topliss-reactive ketones (excluding diaryl/α,β-unsaturated/α-hetero) is 1. The van der Waals surface area contributed by atoms with Gasteiger partial charge in [-0.15, -0.1) is 0 Å². The molecule has 3 aromatic carbocycles. The molecule has 1 fully saturated rings. The van der Waals surface area contributed by atoms with E-state index >= 15 is 0 Å². The van der Waals surface area contributed by atoms with Gasteiger partial charge in [-0.2, -0.15) is 0 Å². The summed E-state index contributed by atoms with van der Waals surface area (Å²) in [5.74, 6) is -0.840. The molecule has 1 unspecified atom stereocenters. The van der Waals surface area contributed by atoms with Gasteiger partial charge in [0.15, 0.2) is 0 Å². The minimum absolute atomic E-state index is 0.0923. The summed E-state index contributed by atoms with van der Waals surface area (Å²) >= 11 is 3.43. The van der Waals surface area contributed by atoms with Gasteiger partial charge in [0, 0.05) is 23.1 Å². The zero-order valence-electron chi connectivity index (χ0n) is 20.6. The number of nitrogens with zero attached hydrogens (tertiary/aromatic N) is 2. The highest BCUT2D eigenvalue weighted by Crippen LogP contribution is 2.39. The normalized spacial score (nSPS) is 17.1. The van der Waals surface area contributed by atoms with Crippen LogP contribution in [-0.2, 0) is 16.2 Å². The third-order valence-corrected chi connectivity index (χ3v) is 6.83. The van der Waals surface area contributed by atoms with Crippen LogP contribution in [-0.4, -0.2) is 53.8 Å². The second-order valence-corrected chi connectivity index (χ2v) is 10.0. The maximum absolute atomic E-state index is 13.1. The van der Waals surface area contributed by atoms with Gasteiger partial charge in [-0.1, -0.05) is 52.3 Å². The topological polar surface area (TPSA) is 70.1 Å². The van der Waals surface area contributed by atoms with Crippen LogP contribution in [0.25, 0.3) is 5.76 Å². The van der Waals surface area contributed by atoms with Gasteiger partial charge in [0.05, 0.1) is 11.6 Å². The lowest BCUT2D eigenvalue weighted by atomic mass is 9.95. The average Bonchev–Trinajstić information content (AvgIpc) is 3.12. The van der Waals surface area contributed by atoms with Crippen molar-refractivity contribution < 1.29 is 19.4 Å². The summed E-state index contributed by atoms with van der Waals surface area (Å²) in [6.45, 7) is 3.42. The molecule has 1 aliphatic heterocycles. The molecule has 1 N–H and O–H groups in total. The van der Waals surface area contributed by atoms with Crippen molar-refractivity contribution in [1.82, 2.24) is 9.80 Å². The average molecular weight is 549 g/mol. The van der Waals surface area contributed by atoms with E-state index in [0.717, 1.165) is 21.2 Å². The zero-order valence-corrected chi connectivity index (χ0v) is 22.2. The molecule has 0 aromatic heterocycles. The summed E-state index contributed by atoms with van der Waals surface area (Å²) in [5.41, 5.74) is 3.55. The number of aliphatic hydroxyl groups is 1. The number of halogens is 1. The summed E-state index contributed by atoms with van der Waals surface area (Å²) in [4.78, 5) is 29.6. The lowest BCUT2D eigenvalue weighted by Crippen LogP contribution is -2.35. The molecule has 1 atom stereocenters. The third kappa shape index (κ3) is 5.53. The fraction of sp³-hybridized carbons (Fsp3) is 0.241. The maximum atomic E-state index is 13.1. The number of hydrogen-bond donors (Lipinski definition) is 1. The van der Waals surface area contributed by atoms with Crippen LogP contribution in [0.1, 0.15) is 28.3 Å². The Kier molecular flexibility index (Phi) is 7.91. The van der Waals surface area contributed by atoms with Gasteiger partial charge in [0.1, 0.15) is 18.1 Å². The number of amides is 1. The molecule has 1 saturated heterocycles. The van der Waals surface area contributed by atoms with E-state index in [-0.39, 0.29) is 11.3 Å². The number of aliphatic hydroxyl groups excluding tert-OH is 1. The quantitative estimate of drug-likeness (QED) is 0.234. The predicted molar refractivity (Wildman–Crippen MR) is 144 cm³/mol. The Bertz CT molecular complexity index is 1280. The van der Waals surface area contributed by atoms with Crippen molar-refractivity contribution in [2.75, 3.05) is 27.2 Å². The molecule has 0 spiro atoms. The van der Waals surface area contributed by atoms with E-state index in [1.807, 2.05) is 74.4 Å². The van der Waals surface area contributed by atoms with E-state index in [1.54, 1.807) is 24.3 Å².